The summed E-state index contributed by atoms with van der Waals surface area (Å²) in [6.07, 6.45) is -0.00369. The van der Waals surface area contributed by atoms with Gasteiger partial charge in [0.1, 0.15) is 11.5 Å². The van der Waals surface area contributed by atoms with E-state index in [9.17, 15) is 14.7 Å². The summed E-state index contributed by atoms with van der Waals surface area (Å²) in [4.78, 5) is 28.4. The summed E-state index contributed by atoms with van der Waals surface area (Å²) in [5, 5.41) is 11.4. The molecule has 3 aromatic carbocycles. The Bertz CT molecular complexity index is 1360. The summed E-state index contributed by atoms with van der Waals surface area (Å²) in [6.45, 7) is 8.05. The minimum Gasteiger partial charge on any atom is -0.507 e. The molecule has 3 aromatic rings. The van der Waals surface area contributed by atoms with Crippen LogP contribution in [-0.2, 0) is 9.59 Å². The molecule has 0 radical (unpaired) electrons. The summed E-state index contributed by atoms with van der Waals surface area (Å²) < 4.78 is 16.5. The lowest BCUT2D eigenvalue weighted by atomic mass is 9.94. The highest BCUT2D eigenvalue weighted by molar-refractivity contribution is 6.51. The molecule has 1 amide bonds. The maximum absolute atomic E-state index is 13.5. The van der Waals surface area contributed by atoms with Gasteiger partial charge in [0.2, 0.25) is 0 Å². The van der Waals surface area contributed by atoms with Crippen LogP contribution in [0.15, 0.2) is 72.3 Å². The van der Waals surface area contributed by atoms with Crippen molar-refractivity contribution in [3.63, 3.8) is 0 Å². The van der Waals surface area contributed by atoms with Crippen LogP contribution in [-0.4, -0.2) is 37.1 Å². The second kappa shape index (κ2) is 11.0. The lowest BCUT2D eigenvalue weighted by molar-refractivity contribution is -0.132. The fraction of sp³-hybridized carbons (Fsp3) is 0.290. The number of nitrogens with zero attached hydrogens (tertiary/aromatic N) is 1. The highest BCUT2D eigenvalue weighted by Crippen LogP contribution is 2.43. The summed E-state index contributed by atoms with van der Waals surface area (Å²) >= 11 is 0. The van der Waals surface area contributed by atoms with Crippen molar-refractivity contribution in [1.82, 2.24) is 0 Å². The molecule has 0 saturated carbocycles. The average Bonchev–Trinajstić information content (AvgIpc) is 3.18. The van der Waals surface area contributed by atoms with Gasteiger partial charge in [-0.05, 0) is 73.4 Å². The van der Waals surface area contributed by atoms with Crippen molar-refractivity contribution >= 4 is 23.1 Å². The van der Waals surface area contributed by atoms with Gasteiger partial charge in [0.05, 0.1) is 31.9 Å². The Kier molecular flexibility index (Phi) is 7.76. The number of carbonyl (C=O) groups excluding carboxylic acids is 2. The third-order valence-electron chi connectivity index (χ3n) is 6.51. The molecule has 1 unspecified atom stereocenters. The summed E-state index contributed by atoms with van der Waals surface area (Å²) in [7, 11) is 3.00. The van der Waals surface area contributed by atoms with Crippen LogP contribution in [0, 0.1) is 0 Å². The predicted molar refractivity (Wildman–Crippen MR) is 147 cm³/mol. The first-order valence-corrected chi connectivity index (χ1v) is 12.6. The average molecular weight is 516 g/mol. The quantitative estimate of drug-likeness (QED) is 0.217. The van der Waals surface area contributed by atoms with Gasteiger partial charge >= 0.3 is 0 Å². The van der Waals surface area contributed by atoms with Gasteiger partial charge in [-0.2, -0.15) is 0 Å². The number of hydrogen-bond acceptors (Lipinski definition) is 6. The van der Waals surface area contributed by atoms with E-state index in [2.05, 4.69) is 13.8 Å². The molecule has 1 aliphatic heterocycles. The van der Waals surface area contributed by atoms with Crippen molar-refractivity contribution in [2.75, 3.05) is 19.1 Å². The summed E-state index contributed by atoms with van der Waals surface area (Å²) in [5.41, 5.74) is 2.67. The molecule has 198 valence electrons. The SMILES string of the molecule is COc1ccc(/C(O)=C2/C(=O)C(=O)N(c3ccc(C(C)C)cc3)C2c2ccc(OC(C)C)cc2)cc1OC. The largest absolute Gasteiger partial charge is 0.507 e. The maximum Gasteiger partial charge on any atom is 0.300 e. The van der Waals surface area contributed by atoms with Crippen molar-refractivity contribution in [1.29, 1.82) is 0 Å². The number of aliphatic hydroxyl groups excluding tert-OH is 1. The highest BCUT2D eigenvalue weighted by atomic mass is 16.5. The summed E-state index contributed by atoms with van der Waals surface area (Å²) in [6, 6.07) is 18.8. The molecule has 0 aliphatic carbocycles. The lowest BCUT2D eigenvalue weighted by Crippen LogP contribution is -2.29. The van der Waals surface area contributed by atoms with Crippen LogP contribution in [0.4, 0.5) is 5.69 Å². The number of hydrogen-bond donors (Lipinski definition) is 1. The number of anilines is 1. The Morgan fingerprint density at radius 2 is 1.47 bits per heavy atom. The third-order valence-corrected chi connectivity index (χ3v) is 6.51. The molecular formula is C31H33NO6. The highest BCUT2D eigenvalue weighted by Gasteiger charge is 2.47. The Morgan fingerprint density at radius 1 is 0.842 bits per heavy atom. The number of aliphatic hydroxyl groups is 1. The Balaban J connectivity index is 1.88. The van der Waals surface area contributed by atoms with E-state index < -0.39 is 17.7 Å². The van der Waals surface area contributed by atoms with Gasteiger partial charge < -0.3 is 19.3 Å². The zero-order valence-electron chi connectivity index (χ0n) is 22.5. The third kappa shape index (κ3) is 5.09. The van der Waals surface area contributed by atoms with Gasteiger partial charge in [0.25, 0.3) is 11.7 Å². The molecule has 4 rings (SSSR count). The van der Waals surface area contributed by atoms with Crippen molar-refractivity contribution < 1.29 is 28.9 Å². The van der Waals surface area contributed by atoms with Crippen molar-refractivity contribution in [2.24, 2.45) is 0 Å². The van der Waals surface area contributed by atoms with Crippen molar-refractivity contribution in [3.05, 3.63) is 89.0 Å². The molecule has 38 heavy (non-hydrogen) atoms. The molecule has 7 heteroatoms. The van der Waals surface area contributed by atoms with Crippen molar-refractivity contribution in [3.8, 4) is 17.2 Å². The lowest BCUT2D eigenvalue weighted by Gasteiger charge is -2.26. The molecule has 1 fully saturated rings. The normalized spacial score (nSPS) is 16.8. The molecule has 7 nitrogen and oxygen atoms in total. The van der Waals surface area contributed by atoms with Gasteiger partial charge in [-0.3, -0.25) is 14.5 Å². The minimum absolute atomic E-state index is 0.00369. The van der Waals surface area contributed by atoms with Crippen LogP contribution in [0.1, 0.15) is 56.3 Å². The zero-order valence-corrected chi connectivity index (χ0v) is 22.5. The number of benzene rings is 3. The minimum atomic E-state index is -0.846. The van der Waals surface area contributed by atoms with Gasteiger partial charge in [0.15, 0.2) is 11.5 Å². The number of carbonyl (C=O) groups is 2. The van der Waals surface area contributed by atoms with E-state index in [0.29, 0.717) is 40.0 Å². The number of ketones is 1. The zero-order chi connectivity index (χ0) is 27.6. The molecule has 1 heterocycles. The molecule has 0 bridgehead atoms. The van der Waals surface area contributed by atoms with E-state index in [0.717, 1.165) is 5.56 Å². The molecule has 1 aliphatic rings. The molecule has 1 saturated heterocycles. The van der Waals surface area contributed by atoms with E-state index >= 15 is 0 Å². The van der Waals surface area contributed by atoms with Crippen LogP contribution < -0.4 is 19.1 Å². The van der Waals surface area contributed by atoms with E-state index in [4.69, 9.17) is 14.2 Å². The van der Waals surface area contributed by atoms with Gasteiger partial charge in [-0.15, -0.1) is 0 Å². The van der Waals surface area contributed by atoms with Gasteiger partial charge in [-0.1, -0.05) is 38.1 Å². The molecule has 0 spiro atoms. The smallest absolute Gasteiger partial charge is 0.300 e. The first-order chi connectivity index (χ1) is 18.2. The second-order valence-corrected chi connectivity index (χ2v) is 9.72. The topological polar surface area (TPSA) is 85.3 Å². The first kappa shape index (κ1) is 26.8. The standard InChI is InChI=1S/C31H33NO6/c1-18(2)20-7-12-23(13-8-20)32-28(21-9-14-24(15-10-21)38-19(3)4)27(30(34)31(32)35)29(33)22-11-16-25(36-5)26(17-22)37-6/h7-19,28,33H,1-6H3/b29-27-. The monoisotopic (exact) mass is 515 g/mol. The van der Waals surface area contributed by atoms with Crippen molar-refractivity contribution in [2.45, 2.75) is 45.8 Å². The van der Waals surface area contributed by atoms with E-state index in [-0.39, 0.29) is 17.4 Å². The molecule has 1 N–H and O–H groups in total. The molecule has 1 atom stereocenters. The first-order valence-electron chi connectivity index (χ1n) is 12.6. The van der Waals surface area contributed by atoms with Crippen LogP contribution >= 0.6 is 0 Å². The van der Waals surface area contributed by atoms with Crippen LogP contribution in [0.3, 0.4) is 0 Å². The number of rotatable bonds is 8. The Morgan fingerprint density at radius 3 is 2.03 bits per heavy atom. The fourth-order valence-electron chi connectivity index (χ4n) is 4.57. The number of methoxy groups -OCH3 is 2. The van der Waals surface area contributed by atoms with E-state index in [1.54, 1.807) is 30.3 Å². The van der Waals surface area contributed by atoms with Crippen LogP contribution in [0.2, 0.25) is 0 Å². The Labute approximate surface area is 223 Å². The van der Waals surface area contributed by atoms with E-state index in [1.807, 2.05) is 50.2 Å². The maximum atomic E-state index is 13.5. The predicted octanol–water partition coefficient (Wildman–Crippen LogP) is 6.24. The fourth-order valence-corrected chi connectivity index (χ4v) is 4.57. The summed E-state index contributed by atoms with van der Waals surface area (Å²) in [5.74, 6) is 0.0807. The number of amides is 1. The number of ether oxygens (including phenoxy) is 3. The van der Waals surface area contributed by atoms with Crippen LogP contribution in [0.25, 0.3) is 5.76 Å². The van der Waals surface area contributed by atoms with Crippen LogP contribution in [0.5, 0.6) is 17.2 Å². The van der Waals surface area contributed by atoms with Gasteiger partial charge in [0, 0.05) is 11.3 Å². The second-order valence-electron chi connectivity index (χ2n) is 9.72. The molecule has 0 aromatic heterocycles. The van der Waals surface area contributed by atoms with Gasteiger partial charge in [-0.25, -0.2) is 0 Å². The van der Waals surface area contributed by atoms with E-state index in [1.165, 1.54) is 19.1 Å². The molecular weight excluding hydrogens is 482 g/mol. The Hall–Kier alpha value is -4.26. The number of Topliss-reactive ketones (excluding diaryl/α,β-unsaturated/α-hetero) is 1.